The van der Waals surface area contributed by atoms with Crippen molar-refractivity contribution in [3.63, 3.8) is 0 Å². The van der Waals surface area contributed by atoms with E-state index in [2.05, 4.69) is 15.2 Å². The van der Waals surface area contributed by atoms with Crippen molar-refractivity contribution >= 4 is 23.3 Å². The van der Waals surface area contributed by atoms with Gasteiger partial charge in [-0.15, -0.1) is 0 Å². The van der Waals surface area contributed by atoms with Crippen molar-refractivity contribution in [2.45, 2.75) is 0 Å². The monoisotopic (exact) mass is 357 g/mol. The lowest BCUT2D eigenvalue weighted by atomic mass is 10.2. The lowest BCUT2D eigenvalue weighted by molar-refractivity contribution is -0.119. The Labute approximate surface area is 149 Å². The summed E-state index contributed by atoms with van der Waals surface area (Å²) in [7, 11) is 0. The Hall–Kier alpha value is -3.13. The zero-order chi connectivity index (χ0) is 18.4. The first-order chi connectivity index (χ1) is 12.6. The number of ether oxygens (including phenoxy) is 2. The first-order valence-corrected chi connectivity index (χ1v) is 8.21. The third-order valence-corrected chi connectivity index (χ3v) is 3.90. The molecule has 0 spiro atoms. The molecule has 136 valence electrons. The van der Waals surface area contributed by atoms with Gasteiger partial charge in [-0.2, -0.15) is 0 Å². The smallest absolute Gasteiger partial charge is 0.344 e. The van der Waals surface area contributed by atoms with E-state index in [9.17, 15) is 14.4 Å². The third kappa shape index (κ3) is 4.48. The van der Waals surface area contributed by atoms with Crippen LogP contribution in [-0.2, 0) is 14.3 Å². The molecule has 0 radical (unpaired) electrons. The van der Waals surface area contributed by atoms with Crippen LogP contribution in [0.4, 0.5) is 11.4 Å². The minimum Gasteiger partial charge on any atom is -0.452 e. The van der Waals surface area contributed by atoms with Crippen LogP contribution in [0.3, 0.4) is 0 Å². The van der Waals surface area contributed by atoms with Crippen molar-refractivity contribution in [1.29, 1.82) is 0 Å². The SMILES string of the molecule is O=C(COC(=O)c1ccc[nH]c1=O)Nc1ccc(N2CCOCC2)cc1. The molecular formula is C18H19N3O5. The average molecular weight is 357 g/mol. The van der Waals surface area contributed by atoms with Gasteiger partial charge in [0.05, 0.1) is 13.2 Å². The standard InChI is InChI=1S/C18H19N3O5/c22-16(12-26-18(24)15-2-1-7-19-17(15)23)20-13-3-5-14(6-4-13)21-8-10-25-11-9-21/h1-7H,8-12H2,(H,19,23)(H,20,22). The van der Waals surface area contributed by atoms with Gasteiger partial charge in [0.25, 0.3) is 11.5 Å². The molecule has 1 aliphatic heterocycles. The molecule has 1 aromatic carbocycles. The van der Waals surface area contributed by atoms with Gasteiger partial charge >= 0.3 is 5.97 Å². The molecule has 2 N–H and O–H groups in total. The van der Waals surface area contributed by atoms with Gasteiger partial charge in [-0.1, -0.05) is 0 Å². The Morgan fingerprint density at radius 3 is 2.58 bits per heavy atom. The number of morpholine rings is 1. The highest BCUT2D eigenvalue weighted by Crippen LogP contribution is 2.18. The highest BCUT2D eigenvalue weighted by Gasteiger charge is 2.14. The molecule has 0 saturated carbocycles. The Morgan fingerprint density at radius 2 is 1.88 bits per heavy atom. The molecule has 26 heavy (non-hydrogen) atoms. The molecule has 1 amide bonds. The van der Waals surface area contributed by atoms with Crippen molar-refractivity contribution in [3.05, 3.63) is 58.5 Å². The van der Waals surface area contributed by atoms with E-state index in [1.165, 1.54) is 18.3 Å². The molecule has 0 bridgehead atoms. The number of H-pyrrole nitrogens is 1. The topological polar surface area (TPSA) is 101 Å². The van der Waals surface area contributed by atoms with E-state index in [0.29, 0.717) is 18.9 Å². The number of amides is 1. The van der Waals surface area contributed by atoms with E-state index < -0.39 is 24.0 Å². The number of aromatic amines is 1. The number of pyridine rings is 1. The van der Waals surface area contributed by atoms with Gasteiger partial charge in [-0.3, -0.25) is 9.59 Å². The molecule has 1 fully saturated rings. The van der Waals surface area contributed by atoms with E-state index in [1.54, 1.807) is 12.1 Å². The van der Waals surface area contributed by atoms with Crippen LogP contribution < -0.4 is 15.8 Å². The van der Waals surface area contributed by atoms with Gasteiger partial charge in [0.2, 0.25) is 0 Å². The summed E-state index contributed by atoms with van der Waals surface area (Å²) in [5.41, 5.74) is 0.952. The molecule has 3 rings (SSSR count). The number of rotatable bonds is 5. The second-order valence-corrected chi connectivity index (χ2v) is 5.68. The summed E-state index contributed by atoms with van der Waals surface area (Å²) in [6.45, 7) is 2.60. The number of nitrogens with zero attached hydrogens (tertiary/aromatic N) is 1. The molecule has 0 unspecified atom stereocenters. The van der Waals surface area contributed by atoms with Crippen molar-refractivity contribution in [1.82, 2.24) is 4.98 Å². The van der Waals surface area contributed by atoms with Gasteiger partial charge in [-0.25, -0.2) is 4.79 Å². The minimum atomic E-state index is -0.843. The van der Waals surface area contributed by atoms with Gasteiger partial charge in [0.1, 0.15) is 5.56 Å². The second kappa shape index (κ2) is 8.30. The van der Waals surface area contributed by atoms with Crippen LogP contribution in [0.5, 0.6) is 0 Å². The fourth-order valence-electron chi connectivity index (χ4n) is 2.57. The summed E-state index contributed by atoms with van der Waals surface area (Å²) < 4.78 is 10.2. The highest BCUT2D eigenvalue weighted by atomic mass is 16.5. The van der Waals surface area contributed by atoms with Gasteiger partial charge in [0, 0.05) is 30.7 Å². The summed E-state index contributed by atoms with van der Waals surface area (Å²) in [5.74, 6) is -1.32. The molecule has 2 heterocycles. The van der Waals surface area contributed by atoms with E-state index >= 15 is 0 Å². The summed E-state index contributed by atoms with van der Waals surface area (Å²) in [4.78, 5) is 39.8. The van der Waals surface area contributed by atoms with Gasteiger partial charge in [0.15, 0.2) is 6.61 Å². The van der Waals surface area contributed by atoms with Gasteiger partial charge in [-0.05, 0) is 36.4 Å². The third-order valence-electron chi connectivity index (χ3n) is 3.90. The lowest BCUT2D eigenvalue weighted by Crippen LogP contribution is -2.36. The fourth-order valence-corrected chi connectivity index (χ4v) is 2.57. The Bertz CT molecular complexity index is 825. The van der Waals surface area contributed by atoms with E-state index in [0.717, 1.165) is 18.8 Å². The summed E-state index contributed by atoms with van der Waals surface area (Å²) in [5, 5.41) is 2.65. The number of nitrogens with one attached hydrogen (secondary N) is 2. The summed E-state index contributed by atoms with van der Waals surface area (Å²) in [6, 6.07) is 10.2. The van der Waals surface area contributed by atoms with Crippen molar-refractivity contribution in [2.75, 3.05) is 43.1 Å². The highest BCUT2D eigenvalue weighted by molar-refractivity contribution is 5.95. The normalized spacial score (nSPS) is 13.9. The zero-order valence-corrected chi connectivity index (χ0v) is 14.1. The number of esters is 1. The number of benzene rings is 1. The summed E-state index contributed by atoms with van der Waals surface area (Å²) in [6.07, 6.45) is 1.41. The van der Waals surface area contributed by atoms with E-state index in [4.69, 9.17) is 9.47 Å². The molecular weight excluding hydrogens is 338 g/mol. The first kappa shape index (κ1) is 17.7. The average Bonchev–Trinajstić information content (AvgIpc) is 2.68. The molecule has 8 heteroatoms. The number of carbonyl (C=O) groups excluding carboxylic acids is 2. The summed E-state index contributed by atoms with van der Waals surface area (Å²) >= 11 is 0. The minimum absolute atomic E-state index is 0.143. The number of hydrogen-bond donors (Lipinski definition) is 2. The van der Waals surface area contributed by atoms with Crippen LogP contribution >= 0.6 is 0 Å². The number of anilines is 2. The van der Waals surface area contributed by atoms with Crippen molar-refractivity contribution in [3.8, 4) is 0 Å². The predicted octanol–water partition coefficient (Wildman–Crippen LogP) is 1.01. The molecule has 8 nitrogen and oxygen atoms in total. The number of hydrogen-bond acceptors (Lipinski definition) is 6. The Kier molecular flexibility index (Phi) is 5.65. The van der Waals surface area contributed by atoms with Gasteiger partial charge < -0.3 is 24.7 Å². The van der Waals surface area contributed by atoms with Crippen LogP contribution in [-0.4, -0.2) is 49.8 Å². The van der Waals surface area contributed by atoms with Crippen molar-refractivity contribution < 1.29 is 19.1 Å². The maximum Gasteiger partial charge on any atom is 0.344 e. The number of aromatic nitrogens is 1. The molecule has 2 aromatic rings. The van der Waals surface area contributed by atoms with Crippen LogP contribution in [0, 0.1) is 0 Å². The van der Waals surface area contributed by atoms with Crippen LogP contribution in [0.25, 0.3) is 0 Å². The number of carbonyl (C=O) groups is 2. The maximum atomic E-state index is 11.9. The Morgan fingerprint density at radius 1 is 1.15 bits per heavy atom. The lowest BCUT2D eigenvalue weighted by Gasteiger charge is -2.28. The molecule has 0 aliphatic carbocycles. The molecule has 1 aliphatic rings. The van der Waals surface area contributed by atoms with Crippen LogP contribution in [0.2, 0.25) is 0 Å². The van der Waals surface area contributed by atoms with Crippen molar-refractivity contribution in [2.24, 2.45) is 0 Å². The first-order valence-electron chi connectivity index (χ1n) is 8.21. The van der Waals surface area contributed by atoms with E-state index in [1.807, 2.05) is 12.1 Å². The molecule has 0 atom stereocenters. The Balaban J connectivity index is 1.51. The fraction of sp³-hybridized carbons (Fsp3) is 0.278. The molecule has 1 saturated heterocycles. The quantitative estimate of drug-likeness (QED) is 0.775. The van der Waals surface area contributed by atoms with E-state index in [-0.39, 0.29) is 5.56 Å². The largest absolute Gasteiger partial charge is 0.452 e. The van der Waals surface area contributed by atoms with Crippen LogP contribution in [0.1, 0.15) is 10.4 Å². The maximum absolute atomic E-state index is 11.9. The predicted molar refractivity (Wildman–Crippen MR) is 95.4 cm³/mol. The molecule has 1 aromatic heterocycles. The van der Waals surface area contributed by atoms with Crippen LogP contribution in [0.15, 0.2) is 47.4 Å². The second-order valence-electron chi connectivity index (χ2n) is 5.68. The zero-order valence-electron chi connectivity index (χ0n) is 14.1.